The van der Waals surface area contributed by atoms with Crippen LogP contribution in [-0.2, 0) is 11.3 Å². The third-order valence-corrected chi connectivity index (χ3v) is 3.80. The Morgan fingerprint density at radius 3 is 2.19 bits per heavy atom. The van der Waals surface area contributed by atoms with Crippen molar-refractivity contribution < 1.29 is 4.79 Å². The maximum Gasteiger partial charge on any atom is 0.226 e. The number of nitrogens with one attached hydrogen (secondary N) is 2. The summed E-state index contributed by atoms with van der Waals surface area (Å²) >= 11 is 0. The van der Waals surface area contributed by atoms with Gasteiger partial charge in [0.15, 0.2) is 0 Å². The van der Waals surface area contributed by atoms with Crippen molar-refractivity contribution in [2.24, 2.45) is 5.41 Å². The first-order valence-corrected chi connectivity index (χ1v) is 7.71. The van der Waals surface area contributed by atoms with E-state index in [1.165, 1.54) is 11.3 Å². The second-order valence-electron chi connectivity index (χ2n) is 5.91. The van der Waals surface area contributed by atoms with Gasteiger partial charge in [-0.15, -0.1) is 0 Å². The molecule has 2 N–H and O–H groups in total. The van der Waals surface area contributed by atoms with E-state index in [-0.39, 0.29) is 5.91 Å². The number of carbonyl (C=O) groups excluding carboxylic acids is 1. The number of hydrogen-bond donors (Lipinski definition) is 2. The highest BCUT2D eigenvalue weighted by molar-refractivity contribution is 5.81. The van der Waals surface area contributed by atoms with Crippen LogP contribution >= 0.6 is 0 Å². The van der Waals surface area contributed by atoms with Crippen molar-refractivity contribution in [3.63, 3.8) is 0 Å². The number of nitrogens with zero attached hydrogens (tertiary/aromatic N) is 1. The van der Waals surface area contributed by atoms with E-state index in [4.69, 9.17) is 0 Å². The summed E-state index contributed by atoms with van der Waals surface area (Å²) in [6.07, 6.45) is 0. The molecule has 0 unspecified atom stereocenters. The van der Waals surface area contributed by atoms with Crippen LogP contribution in [0.1, 0.15) is 33.3 Å². The van der Waals surface area contributed by atoms with Crippen LogP contribution in [0.3, 0.4) is 0 Å². The fourth-order valence-corrected chi connectivity index (χ4v) is 2.35. The Morgan fingerprint density at radius 1 is 1.14 bits per heavy atom. The average Bonchev–Trinajstić information content (AvgIpc) is 2.49. The van der Waals surface area contributed by atoms with Gasteiger partial charge >= 0.3 is 0 Å². The lowest BCUT2D eigenvalue weighted by atomic mass is 9.92. The summed E-state index contributed by atoms with van der Waals surface area (Å²) in [7, 11) is 1.68. The quantitative estimate of drug-likeness (QED) is 0.773. The van der Waals surface area contributed by atoms with Crippen LogP contribution in [0.4, 0.5) is 5.69 Å². The third-order valence-electron chi connectivity index (χ3n) is 3.80. The summed E-state index contributed by atoms with van der Waals surface area (Å²) in [5, 5.41) is 6.06. The van der Waals surface area contributed by atoms with Gasteiger partial charge in [-0.3, -0.25) is 4.79 Å². The Labute approximate surface area is 128 Å². The molecule has 21 heavy (non-hydrogen) atoms. The van der Waals surface area contributed by atoms with Crippen LogP contribution in [-0.4, -0.2) is 32.6 Å². The molecule has 0 heterocycles. The zero-order chi connectivity index (χ0) is 15.9. The summed E-state index contributed by atoms with van der Waals surface area (Å²) < 4.78 is 0. The third kappa shape index (κ3) is 5.05. The van der Waals surface area contributed by atoms with Gasteiger partial charge in [-0.1, -0.05) is 12.1 Å². The second kappa shape index (κ2) is 8.03. The Morgan fingerprint density at radius 2 is 1.71 bits per heavy atom. The molecule has 0 aliphatic heterocycles. The molecule has 0 spiro atoms. The zero-order valence-electron chi connectivity index (χ0n) is 14.0. The first-order valence-electron chi connectivity index (χ1n) is 7.71. The van der Waals surface area contributed by atoms with Crippen LogP contribution in [0.2, 0.25) is 0 Å². The van der Waals surface area contributed by atoms with Crippen molar-refractivity contribution in [1.29, 1.82) is 0 Å². The summed E-state index contributed by atoms with van der Waals surface area (Å²) in [6.45, 7) is 11.7. The molecule has 0 atom stereocenters. The predicted molar refractivity (Wildman–Crippen MR) is 89.6 cm³/mol. The minimum atomic E-state index is -0.393. The van der Waals surface area contributed by atoms with Crippen molar-refractivity contribution >= 4 is 11.6 Å². The molecule has 118 valence electrons. The number of rotatable bonds is 8. The molecule has 1 aromatic carbocycles. The van der Waals surface area contributed by atoms with Gasteiger partial charge in [0.2, 0.25) is 5.91 Å². The number of benzene rings is 1. The van der Waals surface area contributed by atoms with Crippen molar-refractivity contribution in [3.8, 4) is 0 Å². The number of amides is 1. The first kappa shape index (κ1) is 17.5. The molecule has 0 aliphatic rings. The summed E-state index contributed by atoms with van der Waals surface area (Å²) in [5.74, 6) is 0.0619. The van der Waals surface area contributed by atoms with E-state index in [1.54, 1.807) is 7.05 Å². The minimum absolute atomic E-state index is 0.0619. The van der Waals surface area contributed by atoms with Crippen LogP contribution < -0.4 is 15.5 Å². The van der Waals surface area contributed by atoms with E-state index in [9.17, 15) is 4.79 Å². The Balaban J connectivity index is 2.52. The van der Waals surface area contributed by atoms with Gasteiger partial charge in [0.25, 0.3) is 0 Å². The van der Waals surface area contributed by atoms with E-state index < -0.39 is 5.41 Å². The molecular formula is C17H29N3O. The molecule has 1 aromatic rings. The van der Waals surface area contributed by atoms with Crippen LogP contribution in [0.25, 0.3) is 0 Å². The highest BCUT2D eigenvalue weighted by Gasteiger charge is 2.25. The maximum atomic E-state index is 11.7. The summed E-state index contributed by atoms with van der Waals surface area (Å²) in [6, 6.07) is 8.61. The monoisotopic (exact) mass is 291 g/mol. The lowest BCUT2D eigenvalue weighted by Crippen LogP contribution is -2.41. The molecule has 0 radical (unpaired) electrons. The fourth-order valence-electron chi connectivity index (χ4n) is 2.35. The van der Waals surface area contributed by atoms with E-state index in [0.717, 1.165) is 19.6 Å². The van der Waals surface area contributed by atoms with Crippen molar-refractivity contribution in [2.45, 2.75) is 34.2 Å². The van der Waals surface area contributed by atoms with Crippen molar-refractivity contribution in [1.82, 2.24) is 10.6 Å². The molecule has 0 fully saturated rings. The van der Waals surface area contributed by atoms with Gasteiger partial charge in [-0.2, -0.15) is 0 Å². The molecule has 0 aromatic heterocycles. The van der Waals surface area contributed by atoms with E-state index >= 15 is 0 Å². The summed E-state index contributed by atoms with van der Waals surface area (Å²) in [4.78, 5) is 14.0. The zero-order valence-corrected chi connectivity index (χ0v) is 14.0. The molecule has 0 bridgehead atoms. The van der Waals surface area contributed by atoms with Crippen LogP contribution in [0.15, 0.2) is 24.3 Å². The lowest BCUT2D eigenvalue weighted by Gasteiger charge is -2.23. The van der Waals surface area contributed by atoms with Gasteiger partial charge in [0.1, 0.15) is 0 Å². The van der Waals surface area contributed by atoms with Crippen molar-refractivity contribution in [3.05, 3.63) is 29.8 Å². The molecule has 0 aliphatic carbocycles. The smallest absolute Gasteiger partial charge is 0.226 e. The normalized spacial score (nSPS) is 11.3. The SMILES string of the molecule is CCN(CC)c1ccc(CNCC(C)(C)C(=O)NC)cc1. The highest BCUT2D eigenvalue weighted by Crippen LogP contribution is 2.16. The molecule has 4 nitrogen and oxygen atoms in total. The topological polar surface area (TPSA) is 44.4 Å². The first-order chi connectivity index (χ1) is 9.94. The number of carbonyl (C=O) groups is 1. The second-order valence-corrected chi connectivity index (χ2v) is 5.91. The molecule has 0 saturated heterocycles. The number of hydrogen-bond acceptors (Lipinski definition) is 3. The molecule has 1 rings (SSSR count). The minimum Gasteiger partial charge on any atom is -0.372 e. The number of anilines is 1. The molecular weight excluding hydrogens is 262 g/mol. The fraction of sp³-hybridized carbons (Fsp3) is 0.588. The van der Waals surface area contributed by atoms with Gasteiger partial charge in [0.05, 0.1) is 5.41 Å². The van der Waals surface area contributed by atoms with Gasteiger partial charge in [-0.05, 0) is 45.4 Å². The van der Waals surface area contributed by atoms with Gasteiger partial charge < -0.3 is 15.5 Å². The largest absolute Gasteiger partial charge is 0.372 e. The van der Waals surface area contributed by atoms with Gasteiger partial charge in [0, 0.05) is 38.9 Å². The molecule has 4 heteroatoms. The van der Waals surface area contributed by atoms with Crippen LogP contribution in [0.5, 0.6) is 0 Å². The Hall–Kier alpha value is -1.55. The Bertz CT molecular complexity index is 436. The highest BCUT2D eigenvalue weighted by atomic mass is 16.2. The standard InChI is InChI=1S/C17H29N3O/c1-6-20(7-2)15-10-8-14(9-11-15)12-19-13-17(3,4)16(21)18-5/h8-11,19H,6-7,12-13H2,1-5H3,(H,18,21). The summed E-state index contributed by atoms with van der Waals surface area (Å²) in [5.41, 5.74) is 2.10. The Kier molecular flexibility index (Phi) is 6.69. The van der Waals surface area contributed by atoms with E-state index in [2.05, 4.69) is 53.6 Å². The van der Waals surface area contributed by atoms with E-state index in [1.807, 2.05) is 13.8 Å². The average molecular weight is 291 g/mol. The van der Waals surface area contributed by atoms with E-state index in [0.29, 0.717) is 6.54 Å². The molecule has 1 amide bonds. The van der Waals surface area contributed by atoms with Gasteiger partial charge in [-0.25, -0.2) is 0 Å². The van der Waals surface area contributed by atoms with Crippen molar-refractivity contribution in [2.75, 3.05) is 31.6 Å². The van der Waals surface area contributed by atoms with Crippen LogP contribution in [0, 0.1) is 5.41 Å². The predicted octanol–water partition coefficient (Wildman–Crippen LogP) is 2.39. The lowest BCUT2D eigenvalue weighted by molar-refractivity contribution is -0.128. The molecule has 0 saturated carbocycles. The maximum absolute atomic E-state index is 11.7.